The van der Waals surface area contributed by atoms with Gasteiger partial charge in [0, 0.05) is 28.7 Å². The van der Waals surface area contributed by atoms with Gasteiger partial charge in [-0.3, -0.25) is 9.59 Å². The monoisotopic (exact) mass is 258 g/mol. The number of carbonyl (C=O) groups excluding carboxylic acids is 2. The lowest BCUT2D eigenvalue weighted by molar-refractivity contribution is -0.141. The van der Waals surface area contributed by atoms with E-state index in [1.165, 1.54) is 13.2 Å². The van der Waals surface area contributed by atoms with E-state index in [0.717, 1.165) is 16.5 Å². The number of nitrogens with zero attached hydrogens (tertiary/aromatic N) is 1. The van der Waals surface area contributed by atoms with Crippen molar-refractivity contribution >= 4 is 28.9 Å². The van der Waals surface area contributed by atoms with E-state index in [1.807, 2.05) is 24.3 Å². The Balaban J connectivity index is 2.48. The van der Waals surface area contributed by atoms with Crippen LogP contribution >= 0.6 is 0 Å². The lowest BCUT2D eigenvalue weighted by Gasteiger charge is -2.02. The summed E-state index contributed by atoms with van der Waals surface area (Å²) in [5, 5.41) is 0.948. The van der Waals surface area contributed by atoms with Crippen molar-refractivity contribution in [2.45, 2.75) is 6.54 Å². The molecule has 0 unspecified atom stereocenters. The minimum atomic E-state index is -0.509. The van der Waals surface area contributed by atoms with Gasteiger partial charge in [0.25, 0.3) is 0 Å². The molecule has 0 aliphatic rings. The largest absolute Gasteiger partial charge is 0.468 e. The van der Waals surface area contributed by atoms with Crippen LogP contribution in [-0.4, -0.2) is 23.6 Å². The topological polar surface area (TPSA) is 74.3 Å². The average Bonchev–Trinajstić information content (AvgIpc) is 2.75. The Morgan fingerprint density at radius 1 is 1.37 bits per heavy atom. The highest BCUT2D eigenvalue weighted by Gasteiger charge is 2.09. The molecule has 1 aromatic carbocycles. The molecular weight excluding hydrogens is 244 g/mol. The molecule has 98 valence electrons. The minimum Gasteiger partial charge on any atom is -0.468 e. The number of hydrogen-bond donors (Lipinski definition) is 1. The third-order valence-corrected chi connectivity index (χ3v) is 2.77. The number of amides is 1. The fraction of sp³-hybridized carbons (Fsp3) is 0.143. The Morgan fingerprint density at radius 3 is 2.79 bits per heavy atom. The van der Waals surface area contributed by atoms with E-state index in [-0.39, 0.29) is 12.5 Å². The highest BCUT2D eigenvalue weighted by molar-refractivity contribution is 5.96. The molecule has 0 saturated heterocycles. The fourth-order valence-electron chi connectivity index (χ4n) is 1.91. The summed E-state index contributed by atoms with van der Waals surface area (Å²) >= 11 is 0. The van der Waals surface area contributed by atoms with Crippen LogP contribution in [0.4, 0.5) is 0 Å². The minimum absolute atomic E-state index is 0.126. The zero-order chi connectivity index (χ0) is 13.8. The molecule has 0 saturated carbocycles. The van der Waals surface area contributed by atoms with Gasteiger partial charge in [0.1, 0.15) is 6.54 Å². The number of fused-ring (bicyclic) bond motifs is 1. The predicted octanol–water partition coefficient (Wildman–Crippen LogP) is 1.31. The molecule has 2 aromatic rings. The number of esters is 1. The third-order valence-electron chi connectivity index (χ3n) is 2.77. The Labute approximate surface area is 110 Å². The van der Waals surface area contributed by atoms with Gasteiger partial charge in [-0.15, -0.1) is 0 Å². The van der Waals surface area contributed by atoms with Crippen LogP contribution in [0.1, 0.15) is 5.56 Å². The summed E-state index contributed by atoms with van der Waals surface area (Å²) in [6.07, 6.45) is 4.73. The summed E-state index contributed by atoms with van der Waals surface area (Å²) in [5.74, 6) is -0.837. The van der Waals surface area contributed by atoms with Crippen molar-refractivity contribution in [2.75, 3.05) is 7.11 Å². The lowest BCUT2D eigenvalue weighted by atomic mass is 10.1. The van der Waals surface area contributed by atoms with Crippen molar-refractivity contribution in [2.24, 2.45) is 5.73 Å². The van der Waals surface area contributed by atoms with Crippen molar-refractivity contribution in [3.8, 4) is 0 Å². The molecule has 0 atom stereocenters. The molecule has 2 rings (SSSR count). The molecule has 1 aromatic heterocycles. The van der Waals surface area contributed by atoms with Gasteiger partial charge >= 0.3 is 5.97 Å². The number of para-hydroxylation sites is 1. The van der Waals surface area contributed by atoms with E-state index in [0.29, 0.717) is 0 Å². The fourth-order valence-corrected chi connectivity index (χ4v) is 1.91. The molecule has 0 spiro atoms. The molecule has 0 fully saturated rings. The first kappa shape index (κ1) is 12.9. The zero-order valence-corrected chi connectivity index (χ0v) is 10.5. The Morgan fingerprint density at radius 2 is 2.11 bits per heavy atom. The number of methoxy groups -OCH3 is 1. The van der Waals surface area contributed by atoms with Gasteiger partial charge in [0.2, 0.25) is 5.91 Å². The SMILES string of the molecule is COC(=O)Cn1cc(/C=C\C(N)=O)c2ccccc21. The maximum atomic E-state index is 11.4. The van der Waals surface area contributed by atoms with E-state index in [1.54, 1.807) is 16.8 Å². The van der Waals surface area contributed by atoms with Gasteiger partial charge in [-0.25, -0.2) is 0 Å². The summed E-state index contributed by atoms with van der Waals surface area (Å²) in [7, 11) is 1.35. The molecule has 5 heteroatoms. The van der Waals surface area contributed by atoms with Crippen LogP contribution in [0.5, 0.6) is 0 Å². The molecular formula is C14H14N2O3. The van der Waals surface area contributed by atoms with Crippen LogP contribution < -0.4 is 5.73 Å². The molecule has 5 nitrogen and oxygen atoms in total. The first-order valence-electron chi connectivity index (χ1n) is 5.74. The molecule has 1 amide bonds. The molecule has 1 heterocycles. The Kier molecular flexibility index (Phi) is 3.66. The summed E-state index contributed by atoms with van der Waals surface area (Å²) in [6, 6.07) is 7.60. The number of rotatable bonds is 4. The van der Waals surface area contributed by atoms with E-state index in [9.17, 15) is 9.59 Å². The summed E-state index contributed by atoms with van der Waals surface area (Å²) in [5.41, 5.74) is 6.82. The summed E-state index contributed by atoms with van der Waals surface area (Å²) in [6.45, 7) is 0.126. The van der Waals surface area contributed by atoms with Gasteiger partial charge in [-0.2, -0.15) is 0 Å². The number of hydrogen-bond acceptors (Lipinski definition) is 3. The first-order chi connectivity index (χ1) is 9.11. The van der Waals surface area contributed by atoms with Crippen LogP contribution in [-0.2, 0) is 20.9 Å². The van der Waals surface area contributed by atoms with Crippen LogP contribution in [0.15, 0.2) is 36.5 Å². The van der Waals surface area contributed by atoms with Gasteiger partial charge in [-0.1, -0.05) is 18.2 Å². The van der Waals surface area contributed by atoms with Gasteiger partial charge in [0.05, 0.1) is 7.11 Å². The highest BCUT2D eigenvalue weighted by atomic mass is 16.5. The summed E-state index contributed by atoms with van der Waals surface area (Å²) in [4.78, 5) is 22.2. The first-order valence-corrected chi connectivity index (χ1v) is 5.74. The number of nitrogens with two attached hydrogens (primary N) is 1. The molecule has 2 N–H and O–H groups in total. The number of aromatic nitrogens is 1. The number of carbonyl (C=O) groups is 2. The van der Waals surface area contributed by atoms with Crippen molar-refractivity contribution in [1.82, 2.24) is 4.57 Å². The Hall–Kier alpha value is -2.56. The molecule has 19 heavy (non-hydrogen) atoms. The van der Waals surface area contributed by atoms with Crippen molar-refractivity contribution in [3.05, 3.63) is 42.1 Å². The van der Waals surface area contributed by atoms with Crippen molar-refractivity contribution < 1.29 is 14.3 Å². The normalized spacial score (nSPS) is 11.0. The quantitative estimate of drug-likeness (QED) is 0.663. The van der Waals surface area contributed by atoms with Gasteiger partial charge in [0.15, 0.2) is 0 Å². The van der Waals surface area contributed by atoms with Crippen LogP contribution in [0.2, 0.25) is 0 Å². The number of benzene rings is 1. The smallest absolute Gasteiger partial charge is 0.325 e. The van der Waals surface area contributed by atoms with Crippen LogP contribution in [0.3, 0.4) is 0 Å². The predicted molar refractivity (Wildman–Crippen MR) is 72.2 cm³/mol. The number of ether oxygens (including phenoxy) is 1. The standard InChI is InChI=1S/C14H14N2O3/c1-19-14(18)9-16-8-10(6-7-13(15)17)11-4-2-3-5-12(11)16/h2-8H,9H2,1H3,(H2,15,17)/b7-6-. The second kappa shape index (κ2) is 5.39. The van der Waals surface area contributed by atoms with Crippen molar-refractivity contribution in [1.29, 1.82) is 0 Å². The van der Waals surface area contributed by atoms with E-state index < -0.39 is 5.91 Å². The maximum absolute atomic E-state index is 11.4. The second-order valence-corrected chi connectivity index (χ2v) is 4.04. The van der Waals surface area contributed by atoms with Crippen LogP contribution in [0, 0.1) is 0 Å². The molecule has 0 aliphatic carbocycles. The maximum Gasteiger partial charge on any atom is 0.325 e. The van der Waals surface area contributed by atoms with E-state index in [4.69, 9.17) is 5.73 Å². The third kappa shape index (κ3) is 2.82. The highest BCUT2D eigenvalue weighted by Crippen LogP contribution is 2.22. The number of primary amides is 1. The molecule has 0 aliphatic heterocycles. The zero-order valence-electron chi connectivity index (χ0n) is 10.5. The molecule has 0 radical (unpaired) electrons. The van der Waals surface area contributed by atoms with Crippen LogP contribution in [0.25, 0.3) is 17.0 Å². The van der Waals surface area contributed by atoms with Gasteiger partial charge < -0.3 is 15.0 Å². The van der Waals surface area contributed by atoms with Gasteiger partial charge in [-0.05, 0) is 12.1 Å². The molecule has 0 bridgehead atoms. The summed E-state index contributed by atoms with van der Waals surface area (Å²) < 4.78 is 6.44. The average molecular weight is 258 g/mol. The van der Waals surface area contributed by atoms with E-state index in [2.05, 4.69) is 4.74 Å². The lowest BCUT2D eigenvalue weighted by Crippen LogP contribution is -2.10. The van der Waals surface area contributed by atoms with Crippen molar-refractivity contribution in [3.63, 3.8) is 0 Å². The second-order valence-electron chi connectivity index (χ2n) is 4.04. The van der Waals surface area contributed by atoms with E-state index >= 15 is 0 Å². The Bertz CT molecular complexity index is 656.